The second kappa shape index (κ2) is 6.53. The highest BCUT2D eigenvalue weighted by Crippen LogP contribution is 2.15. The molecule has 1 unspecified atom stereocenters. The minimum absolute atomic E-state index is 0.467. The van der Waals surface area contributed by atoms with Gasteiger partial charge >= 0.3 is 0 Å². The highest BCUT2D eigenvalue weighted by atomic mass is 28.3. The highest BCUT2D eigenvalue weighted by molar-refractivity contribution is 7.10. The van der Waals surface area contributed by atoms with Crippen LogP contribution in [0, 0.1) is 0 Å². The smallest absolute Gasteiger partial charge is 0.145 e. The molecule has 0 bridgehead atoms. The topological polar surface area (TPSA) is 20.2 Å². The molecule has 0 aliphatic heterocycles. The molecule has 1 N–H and O–H groups in total. The number of benzene rings is 3. The number of aliphatic hydroxyl groups is 1. The summed E-state index contributed by atoms with van der Waals surface area (Å²) in [6.45, 7) is 4.22. The van der Waals surface area contributed by atoms with E-state index in [0.717, 1.165) is 5.56 Å². The summed E-state index contributed by atoms with van der Waals surface area (Å²) < 4.78 is 0. The molecule has 0 radical (unpaired) electrons. The SMILES string of the molecule is CC(O)c1ccccc1[Si](C)(c1ccccc1)c1ccccc1. The first-order chi connectivity index (χ1) is 11.1. The van der Waals surface area contributed by atoms with Crippen molar-refractivity contribution in [3.05, 3.63) is 90.5 Å². The summed E-state index contributed by atoms with van der Waals surface area (Å²) in [7, 11) is -2.15. The molecular weight excluding hydrogens is 296 g/mol. The van der Waals surface area contributed by atoms with E-state index < -0.39 is 14.2 Å². The third-order valence-electron chi connectivity index (χ3n) is 4.65. The molecule has 0 saturated heterocycles. The van der Waals surface area contributed by atoms with Gasteiger partial charge in [0.1, 0.15) is 8.07 Å². The van der Waals surface area contributed by atoms with Gasteiger partial charge in [-0.05, 0) is 28.0 Å². The predicted molar refractivity (Wildman–Crippen MR) is 100 cm³/mol. The Hall–Kier alpha value is -2.16. The average molecular weight is 318 g/mol. The summed E-state index contributed by atoms with van der Waals surface area (Å²) in [5.74, 6) is 0. The van der Waals surface area contributed by atoms with Crippen molar-refractivity contribution in [1.29, 1.82) is 0 Å². The van der Waals surface area contributed by atoms with Gasteiger partial charge in [0.15, 0.2) is 0 Å². The maximum atomic E-state index is 10.3. The quantitative estimate of drug-likeness (QED) is 0.579. The largest absolute Gasteiger partial charge is 0.389 e. The van der Waals surface area contributed by atoms with E-state index in [-0.39, 0.29) is 0 Å². The lowest BCUT2D eigenvalue weighted by Crippen LogP contribution is -2.65. The van der Waals surface area contributed by atoms with Crippen LogP contribution >= 0.6 is 0 Å². The summed E-state index contributed by atoms with van der Waals surface area (Å²) in [4.78, 5) is 0. The third kappa shape index (κ3) is 2.88. The summed E-state index contributed by atoms with van der Waals surface area (Å²) >= 11 is 0. The molecule has 3 aromatic rings. The van der Waals surface area contributed by atoms with E-state index in [4.69, 9.17) is 0 Å². The number of hydrogen-bond donors (Lipinski definition) is 1. The monoisotopic (exact) mass is 318 g/mol. The summed E-state index contributed by atoms with van der Waals surface area (Å²) in [6.07, 6.45) is -0.467. The molecule has 3 aromatic carbocycles. The molecule has 0 heterocycles. The fourth-order valence-corrected chi connectivity index (χ4v) is 7.31. The number of rotatable bonds is 4. The highest BCUT2D eigenvalue weighted by Gasteiger charge is 2.36. The molecule has 0 aliphatic rings. The zero-order valence-corrected chi connectivity index (χ0v) is 14.6. The molecule has 1 nitrogen and oxygen atoms in total. The van der Waals surface area contributed by atoms with Gasteiger partial charge in [-0.1, -0.05) is 91.5 Å². The Morgan fingerprint density at radius 3 is 1.61 bits per heavy atom. The van der Waals surface area contributed by atoms with E-state index in [1.165, 1.54) is 15.6 Å². The van der Waals surface area contributed by atoms with Crippen LogP contribution in [0.5, 0.6) is 0 Å². The number of aliphatic hydroxyl groups excluding tert-OH is 1. The zero-order chi connectivity index (χ0) is 16.3. The molecule has 0 aliphatic carbocycles. The van der Waals surface area contributed by atoms with Crippen LogP contribution in [0.3, 0.4) is 0 Å². The van der Waals surface area contributed by atoms with Crippen molar-refractivity contribution in [3.8, 4) is 0 Å². The Kier molecular flexibility index (Phi) is 4.46. The van der Waals surface area contributed by atoms with Gasteiger partial charge in [-0.2, -0.15) is 0 Å². The molecule has 0 fully saturated rings. The first kappa shape index (κ1) is 15.7. The van der Waals surface area contributed by atoms with E-state index in [1.54, 1.807) is 0 Å². The van der Waals surface area contributed by atoms with Crippen LogP contribution < -0.4 is 15.6 Å². The minimum Gasteiger partial charge on any atom is -0.389 e. The van der Waals surface area contributed by atoms with Crippen LogP contribution in [0.2, 0.25) is 6.55 Å². The van der Waals surface area contributed by atoms with Crippen molar-refractivity contribution in [3.63, 3.8) is 0 Å². The first-order valence-corrected chi connectivity index (χ1v) is 10.5. The van der Waals surface area contributed by atoms with Crippen molar-refractivity contribution >= 4 is 23.6 Å². The third-order valence-corrected chi connectivity index (χ3v) is 9.16. The molecule has 23 heavy (non-hydrogen) atoms. The Balaban J connectivity index is 2.30. The van der Waals surface area contributed by atoms with E-state index in [9.17, 15) is 5.11 Å². The molecule has 2 heteroatoms. The molecule has 1 atom stereocenters. The van der Waals surface area contributed by atoms with Gasteiger partial charge in [0, 0.05) is 0 Å². The van der Waals surface area contributed by atoms with Crippen LogP contribution in [0.25, 0.3) is 0 Å². The Labute approximate surface area is 139 Å². The molecule has 0 saturated carbocycles. The van der Waals surface area contributed by atoms with Crippen molar-refractivity contribution in [2.24, 2.45) is 0 Å². The van der Waals surface area contributed by atoms with E-state index in [1.807, 2.05) is 13.0 Å². The normalized spacial score (nSPS) is 12.8. The Morgan fingerprint density at radius 1 is 0.696 bits per heavy atom. The van der Waals surface area contributed by atoms with Gasteiger partial charge in [0.25, 0.3) is 0 Å². The van der Waals surface area contributed by atoms with Gasteiger partial charge in [0.05, 0.1) is 6.10 Å². The molecule has 0 spiro atoms. The Bertz CT molecular complexity index is 727. The van der Waals surface area contributed by atoms with E-state index >= 15 is 0 Å². The maximum absolute atomic E-state index is 10.3. The Morgan fingerprint density at radius 2 is 1.13 bits per heavy atom. The summed E-state index contributed by atoms with van der Waals surface area (Å²) in [5.41, 5.74) is 1.04. The molecule has 0 aromatic heterocycles. The molecule has 3 rings (SSSR count). The second-order valence-corrected chi connectivity index (χ2v) is 10.1. The first-order valence-electron chi connectivity index (χ1n) is 8.02. The van der Waals surface area contributed by atoms with Crippen LogP contribution in [0.15, 0.2) is 84.9 Å². The van der Waals surface area contributed by atoms with Gasteiger partial charge in [-0.25, -0.2) is 0 Å². The lowest BCUT2D eigenvalue weighted by atomic mass is 10.1. The average Bonchev–Trinajstić information content (AvgIpc) is 2.62. The zero-order valence-electron chi connectivity index (χ0n) is 13.6. The molecule has 116 valence electrons. The minimum atomic E-state index is -2.15. The maximum Gasteiger partial charge on any atom is 0.145 e. The fraction of sp³-hybridized carbons (Fsp3) is 0.143. The lowest BCUT2D eigenvalue weighted by molar-refractivity contribution is 0.200. The molecular formula is C21H22OSi. The van der Waals surface area contributed by atoms with Crippen molar-refractivity contribution in [2.45, 2.75) is 19.6 Å². The van der Waals surface area contributed by atoms with Crippen molar-refractivity contribution < 1.29 is 5.11 Å². The van der Waals surface area contributed by atoms with Gasteiger partial charge in [-0.3, -0.25) is 0 Å². The van der Waals surface area contributed by atoms with Crippen molar-refractivity contribution in [1.82, 2.24) is 0 Å². The van der Waals surface area contributed by atoms with Crippen LogP contribution in [0.4, 0.5) is 0 Å². The van der Waals surface area contributed by atoms with Gasteiger partial charge < -0.3 is 5.11 Å². The fourth-order valence-electron chi connectivity index (χ4n) is 3.34. The standard InChI is InChI=1S/C21H22OSi/c1-17(22)20-15-9-10-16-21(20)23(2,18-11-5-3-6-12-18)19-13-7-4-8-14-19/h3-17,22H,1-2H3. The van der Waals surface area contributed by atoms with Crippen molar-refractivity contribution in [2.75, 3.05) is 0 Å². The number of hydrogen-bond acceptors (Lipinski definition) is 1. The predicted octanol–water partition coefficient (Wildman–Crippen LogP) is 2.84. The van der Waals surface area contributed by atoms with Crippen LogP contribution in [0.1, 0.15) is 18.6 Å². The molecule has 0 amide bonds. The summed E-state index contributed by atoms with van der Waals surface area (Å²) in [5, 5.41) is 14.3. The second-order valence-electron chi connectivity index (χ2n) is 6.12. The van der Waals surface area contributed by atoms with E-state index in [2.05, 4.69) is 85.4 Å². The van der Waals surface area contributed by atoms with Crippen LogP contribution in [-0.2, 0) is 0 Å². The van der Waals surface area contributed by atoms with Gasteiger partial charge in [-0.15, -0.1) is 0 Å². The van der Waals surface area contributed by atoms with Crippen LogP contribution in [-0.4, -0.2) is 13.2 Å². The van der Waals surface area contributed by atoms with E-state index in [0.29, 0.717) is 0 Å². The summed E-state index contributed by atoms with van der Waals surface area (Å²) in [6, 6.07) is 29.8. The van der Waals surface area contributed by atoms with Gasteiger partial charge in [0.2, 0.25) is 0 Å². The lowest BCUT2D eigenvalue weighted by Gasteiger charge is -2.32.